The van der Waals surface area contributed by atoms with Gasteiger partial charge >= 0.3 is 0 Å². The van der Waals surface area contributed by atoms with Crippen LogP contribution < -0.4 is 5.32 Å². The zero-order valence-corrected chi connectivity index (χ0v) is 8.00. The van der Waals surface area contributed by atoms with Crippen molar-refractivity contribution in [1.82, 2.24) is 0 Å². The third kappa shape index (κ3) is 1.71. The van der Waals surface area contributed by atoms with E-state index >= 15 is 0 Å². The zero-order chi connectivity index (χ0) is 8.43. The van der Waals surface area contributed by atoms with Crippen molar-refractivity contribution in [3.05, 3.63) is 28.0 Å². The summed E-state index contributed by atoms with van der Waals surface area (Å²) in [5.41, 5.74) is 1.56. The van der Waals surface area contributed by atoms with Crippen LogP contribution in [0.2, 0.25) is 0 Å². The van der Waals surface area contributed by atoms with Gasteiger partial charge in [0.15, 0.2) is 0 Å². The summed E-state index contributed by atoms with van der Waals surface area (Å²) >= 11 is 3.24. The molecule has 0 radical (unpaired) electrons. The van der Waals surface area contributed by atoms with Gasteiger partial charge in [-0.1, -0.05) is 15.9 Å². The van der Waals surface area contributed by atoms with Crippen LogP contribution in [0.25, 0.3) is 0 Å². The monoisotopic (exact) mass is 217 g/mol. The van der Waals surface area contributed by atoms with Crippen molar-refractivity contribution in [3.8, 4) is 0 Å². The first-order valence-corrected chi connectivity index (χ1v) is 4.08. The summed E-state index contributed by atoms with van der Waals surface area (Å²) in [5.74, 6) is -0.232. The number of rotatable bonds is 1. The van der Waals surface area contributed by atoms with Gasteiger partial charge in [0.1, 0.15) is 5.82 Å². The number of hydrogen-bond donors (Lipinski definition) is 1. The highest BCUT2D eigenvalue weighted by atomic mass is 79.9. The van der Waals surface area contributed by atoms with E-state index in [-0.39, 0.29) is 5.82 Å². The van der Waals surface area contributed by atoms with E-state index in [4.69, 9.17) is 0 Å². The smallest absolute Gasteiger partial charge is 0.147 e. The predicted octanol–water partition coefficient (Wildman–Crippen LogP) is 2.94. The van der Waals surface area contributed by atoms with Crippen LogP contribution in [0.3, 0.4) is 0 Å². The Hall–Kier alpha value is -0.570. The molecule has 0 amide bonds. The van der Waals surface area contributed by atoms with Crippen LogP contribution in [0.1, 0.15) is 5.56 Å². The highest BCUT2D eigenvalue weighted by Gasteiger charge is 2.02. The van der Waals surface area contributed by atoms with Crippen LogP contribution in [0.15, 0.2) is 16.6 Å². The zero-order valence-electron chi connectivity index (χ0n) is 6.41. The second-order valence-electron chi connectivity index (χ2n) is 2.33. The molecule has 1 nitrogen and oxygen atoms in total. The minimum Gasteiger partial charge on any atom is -0.386 e. The average Bonchev–Trinajstić information content (AvgIpc) is 1.97. The molecule has 0 spiro atoms. The molecule has 0 heterocycles. The molecule has 0 bridgehead atoms. The summed E-state index contributed by atoms with van der Waals surface area (Å²) in [6.45, 7) is 1.92. The maximum atomic E-state index is 12.9. The first-order chi connectivity index (χ1) is 5.15. The molecule has 1 rings (SSSR count). The molecule has 0 aliphatic carbocycles. The van der Waals surface area contributed by atoms with Crippen molar-refractivity contribution >= 4 is 21.6 Å². The van der Waals surface area contributed by atoms with Crippen LogP contribution in [0.4, 0.5) is 10.1 Å². The van der Waals surface area contributed by atoms with Gasteiger partial charge in [-0.3, -0.25) is 0 Å². The molecule has 0 saturated heterocycles. The fraction of sp³-hybridized carbons (Fsp3) is 0.250. The first kappa shape index (κ1) is 8.53. The number of nitrogens with one attached hydrogen (secondary N) is 1. The summed E-state index contributed by atoms with van der Waals surface area (Å²) in [6, 6.07) is 3.22. The normalized spacial score (nSPS) is 9.82. The van der Waals surface area contributed by atoms with E-state index in [9.17, 15) is 4.39 Å². The van der Waals surface area contributed by atoms with Crippen molar-refractivity contribution in [2.24, 2.45) is 0 Å². The molecule has 1 aromatic rings. The van der Waals surface area contributed by atoms with E-state index in [0.717, 1.165) is 10.0 Å². The fourth-order valence-electron chi connectivity index (χ4n) is 0.849. The molecule has 0 fully saturated rings. The van der Waals surface area contributed by atoms with Crippen LogP contribution in [0, 0.1) is 12.7 Å². The third-order valence-corrected chi connectivity index (χ3v) is 2.37. The number of hydrogen-bond acceptors (Lipinski definition) is 1. The Labute approximate surface area is 73.7 Å². The lowest BCUT2D eigenvalue weighted by molar-refractivity contribution is 0.630. The molecule has 1 N–H and O–H groups in total. The molecule has 0 aliphatic rings. The molecular formula is C8H9BrFN. The second kappa shape index (κ2) is 3.22. The Balaban J connectivity index is 3.21. The molecule has 0 unspecified atom stereocenters. The summed E-state index contributed by atoms with van der Waals surface area (Å²) in [5, 5.41) is 2.77. The summed E-state index contributed by atoms with van der Waals surface area (Å²) in [6.07, 6.45) is 0. The minimum atomic E-state index is -0.232. The van der Waals surface area contributed by atoms with Crippen molar-refractivity contribution in [3.63, 3.8) is 0 Å². The minimum absolute atomic E-state index is 0.232. The molecule has 11 heavy (non-hydrogen) atoms. The summed E-state index contributed by atoms with van der Waals surface area (Å²) in [7, 11) is 1.70. The number of halogens is 2. The lowest BCUT2D eigenvalue weighted by Gasteiger charge is -2.04. The van der Waals surface area contributed by atoms with Gasteiger partial charge in [0.2, 0.25) is 0 Å². The van der Waals surface area contributed by atoms with Crippen molar-refractivity contribution in [2.45, 2.75) is 6.92 Å². The lowest BCUT2D eigenvalue weighted by atomic mass is 10.2. The van der Waals surface area contributed by atoms with Gasteiger partial charge in [-0.05, 0) is 24.6 Å². The number of benzene rings is 1. The molecule has 3 heteroatoms. The quantitative estimate of drug-likeness (QED) is 0.764. The van der Waals surface area contributed by atoms with Gasteiger partial charge in [0, 0.05) is 11.5 Å². The Bertz CT molecular complexity index is 273. The number of anilines is 1. The van der Waals surface area contributed by atoms with Gasteiger partial charge in [-0.15, -0.1) is 0 Å². The summed E-state index contributed by atoms with van der Waals surface area (Å²) < 4.78 is 13.7. The molecule has 0 saturated carbocycles. The standard InChI is InChI=1S/C8H9BrFN/c1-5-3-8(11-2)7(10)4-6(5)9/h3-4,11H,1-2H3. The Kier molecular flexibility index (Phi) is 2.49. The van der Waals surface area contributed by atoms with E-state index < -0.39 is 0 Å². The van der Waals surface area contributed by atoms with E-state index in [1.165, 1.54) is 6.07 Å². The number of aryl methyl sites for hydroxylation is 1. The van der Waals surface area contributed by atoms with E-state index in [0.29, 0.717) is 5.69 Å². The Morgan fingerprint density at radius 1 is 1.45 bits per heavy atom. The predicted molar refractivity (Wildman–Crippen MR) is 48.4 cm³/mol. The highest BCUT2D eigenvalue weighted by Crippen LogP contribution is 2.23. The van der Waals surface area contributed by atoms with E-state index in [1.807, 2.05) is 6.92 Å². The van der Waals surface area contributed by atoms with E-state index in [1.54, 1.807) is 13.1 Å². The lowest BCUT2D eigenvalue weighted by Crippen LogP contribution is -1.93. The van der Waals surface area contributed by atoms with Gasteiger partial charge in [-0.25, -0.2) is 4.39 Å². The van der Waals surface area contributed by atoms with Crippen LogP contribution in [-0.4, -0.2) is 7.05 Å². The molecule has 0 aromatic heterocycles. The van der Waals surface area contributed by atoms with Gasteiger partial charge < -0.3 is 5.32 Å². The maximum absolute atomic E-state index is 12.9. The fourth-order valence-corrected chi connectivity index (χ4v) is 1.16. The van der Waals surface area contributed by atoms with Crippen molar-refractivity contribution in [1.29, 1.82) is 0 Å². The maximum Gasteiger partial charge on any atom is 0.147 e. The summed E-state index contributed by atoms with van der Waals surface area (Å²) in [4.78, 5) is 0. The Morgan fingerprint density at radius 2 is 2.09 bits per heavy atom. The van der Waals surface area contributed by atoms with Crippen LogP contribution >= 0.6 is 15.9 Å². The molecule has 1 aromatic carbocycles. The molecule has 0 atom stereocenters. The first-order valence-electron chi connectivity index (χ1n) is 3.28. The second-order valence-corrected chi connectivity index (χ2v) is 3.19. The van der Waals surface area contributed by atoms with Gasteiger partial charge in [-0.2, -0.15) is 0 Å². The largest absolute Gasteiger partial charge is 0.386 e. The molecule has 60 valence electrons. The van der Waals surface area contributed by atoms with Crippen LogP contribution in [-0.2, 0) is 0 Å². The molecular weight excluding hydrogens is 209 g/mol. The average molecular weight is 218 g/mol. The SMILES string of the molecule is CNc1cc(C)c(Br)cc1F. The third-order valence-electron chi connectivity index (χ3n) is 1.52. The highest BCUT2D eigenvalue weighted by molar-refractivity contribution is 9.10. The van der Waals surface area contributed by atoms with Crippen molar-refractivity contribution in [2.75, 3.05) is 12.4 Å². The van der Waals surface area contributed by atoms with E-state index in [2.05, 4.69) is 21.2 Å². The topological polar surface area (TPSA) is 12.0 Å². The van der Waals surface area contributed by atoms with Gasteiger partial charge in [0.05, 0.1) is 5.69 Å². The van der Waals surface area contributed by atoms with Crippen LogP contribution in [0.5, 0.6) is 0 Å². The van der Waals surface area contributed by atoms with Crippen molar-refractivity contribution < 1.29 is 4.39 Å². The molecule has 0 aliphatic heterocycles. The van der Waals surface area contributed by atoms with Gasteiger partial charge in [0.25, 0.3) is 0 Å². The Morgan fingerprint density at radius 3 is 2.64 bits per heavy atom.